The maximum absolute atomic E-state index is 11.1. The van der Waals surface area contributed by atoms with Gasteiger partial charge in [0.1, 0.15) is 0 Å². The summed E-state index contributed by atoms with van der Waals surface area (Å²) in [5.41, 5.74) is 0.793. The van der Waals surface area contributed by atoms with E-state index in [2.05, 4.69) is 15.8 Å². The summed E-state index contributed by atoms with van der Waals surface area (Å²) in [5.74, 6) is -5.70. The molecule has 27 heavy (non-hydrogen) atoms. The molecular formula is C16H11N3O8. The lowest BCUT2D eigenvalue weighted by Crippen LogP contribution is -2.08. The van der Waals surface area contributed by atoms with Crippen LogP contribution in [0.1, 0.15) is 41.4 Å². The van der Waals surface area contributed by atoms with E-state index in [4.69, 9.17) is 20.4 Å². The molecule has 0 spiro atoms. The zero-order chi connectivity index (χ0) is 20.1. The molecular weight excluding hydrogens is 362 g/mol. The lowest BCUT2D eigenvalue weighted by Gasteiger charge is -2.05. The van der Waals surface area contributed by atoms with E-state index in [-0.39, 0.29) is 11.4 Å². The first-order chi connectivity index (χ1) is 12.7. The van der Waals surface area contributed by atoms with Gasteiger partial charge in [-0.1, -0.05) is 5.22 Å². The Hall–Kier alpha value is -4.28. The minimum absolute atomic E-state index is 0.0329. The van der Waals surface area contributed by atoms with Gasteiger partial charge in [-0.15, -0.1) is 5.11 Å². The van der Waals surface area contributed by atoms with Crippen LogP contribution in [0.4, 0.5) is 11.4 Å². The van der Waals surface area contributed by atoms with E-state index in [0.717, 1.165) is 24.3 Å². The van der Waals surface area contributed by atoms with Crippen LogP contribution in [-0.4, -0.2) is 44.3 Å². The van der Waals surface area contributed by atoms with Gasteiger partial charge in [0.2, 0.25) is 0 Å². The second-order valence-electron chi connectivity index (χ2n) is 5.02. The number of carbonyl (C=O) groups is 4. The summed E-state index contributed by atoms with van der Waals surface area (Å²) in [6.07, 6.45) is 0. The van der Waals surface area contributed by atoms with E-state index in [1.165, 1.54) is 12.1 Å². The lowest BCUT2D eigenvalue weighted by atomic mass is 10.1. The van der Waals surface area contributed by atoms with Crippen molar-refractivity contribution < 1.29 is 39.6 Å². The second kappa shape index (κ2) is 7.74. The average molecular weight is 373 g/mol. The van der Waals surface area contributed by atoms with Gasteiger partial charge in [0.15, 0.2) is 0 Å². The third-order valence-corrected chi connectivity index (χ3v) is 3.29. The Balaban J connectivity index is 2.25. The maximum Gasteiger partial charge on any atom is 0.336 e. The van der Waals surface area contributed by atoms with Crippen molar-refractivity contribution in [3.63, 3.8) is 0 Å². The molecule has 0 amide bonds. The highest BCUT2D eigenvalue weighted by atomic mass is 16.4. The zero-order valence-electron chi connectivity index (χ0n) is 13.3. The number of nitrogens with zero attached hydrogens (tertiary/aromatic N) is 2. The summed E-state index contributed by atoms with van der Waals surface area (Å²) in [6, 6.07) is 6.69. The molecule has 138 valence electrons. The second-order valence-corrected chi connectivity index (χ2v) is 5.02. The number of benzene rings is 2. The molecule has 0 atom stereocenters. The van der Waals surface area contributed by atoms with Gasteiger partial charge in [0, 0.05) is 0 Å². The van der Waals surface area contributed by atoms with Gasteiger partial charge in [-0.3, -0.25) is 5.43 Å². The van der Waals surface area contributed by atoms with Crippen molar-refractivity contribution in [2.45, 2.75) is 0 Å². The third kappa shape index (κ3) is 4.42. The van der Waals surface area contributed by atoms with Gasteiger partial charge < -0.3 is 20.4 Å². The molecule has 0 heterocycles. The number of hydrogen-bond donors (Lipinski definition) is 5. The molecule has 2 rings (SSSR count). The molecule has 0 aromatic heterocycles. The quantitative estimate of drug-likeness (QED) is 0.359. The Morgan fingerprint density at radius 2 is 1.15 bits per heavy atom. The number of carboxylic acid groups (broad SMARTS) is 4. The van der Waals surface area contributed by atoms with Crippen molar-refractivity contribution in [3.8, 4) is 0 Å². The first kappa shape index (κ1) is 19.1. The maximum atomic E-state index is 11.1. The standard InChI is InChI=1S/C16H11N3O8/c20-13(21)9-3-1-7(5-11(9)15(24)25)17-19-18-8-2-4-10(14(22)23)12(6-8)16(26)27/h1-6H,(H,17,18)(H,20,21)(H,22,23)(H,24,25)(H,26,27). The van der Waals surface area contributed by atoms with E-state index < -0.39 is 46.1 Å². The SMILES string of the molecule is O=C(O)c1ccc(/N=N/Nc2ccc(C(=O)O)c(C(=O)O)c2)cc1C(=O)O. The van der Waals surface area contributed by atoms with Crippen molar-refractivity contribution in [2.75, 3.05) is 5.43 Å². The van der Waals surface area contributed by atoms with Crippen LogP contribution in [0.5, 0.6) is 0 Å². The van der Waals surface area contributed by atoms with E-state index in [1.54, 1.807) is 0 Å². The van der Waals surface area contributed by atoms with Crippen LogP contribution in [0.3, 0.4) is 0 Å². The monoisotopic (exact) mass is 373 g/mol. The van der Waals surface area contributed by atoms with E-state index in [9.17, 15) is 19.2 Å². The molecule has 0 bridgehead atoms. The average Bonchev–Trinajstić information content (AvgIpc) is 2.61. The van der Waals surface area contributed by atoms with Gasteiger partial charge >= 0.3 is 23.9 Å². The molecule has 11 nitrogen and oxygen atoms in total. The molecule has 0 aliphatic rings. The Morgan fingerprint density at radius 1 is 0.667 bits per heavy atom. The van der Waals surface area contributed by atoms with Crippen LogP contribution in [0, 0.1) is 0 Å². The molecule has 0 saturated carbocycles. The summed E-state index contributed by atoms with van der Waals surface area (Å²) >= 11 is 0. The van der Waals surface area contributed by atoms with Gasteiger partial charge in [-0.05, 0) is 36.4 Å². The van der Waals surface area contributed by atoms with E-state index >= 15 is 0 Å². The topological polar surface area (TPSA) is 186 Å². The van der Waals surface area contributed by atoms with Crippen molar-refractivity contribution in [1.29, 1.82) is 0 Å². The van der Waals surface area contributed by atoms with Crippen LogP contribution in [0.25, 0.3) is 0 Å². The fourth-order valence-corrected chi connectivity index (χ4v) is 2.08. The molecule has 0 fully saturated rings. The predicted molar refractivity (Wildman–Crippen MR) is 88.9 cm³/mol. The number of nitrogens with one attached hydrogen (secondary N) is 1. The Morgan fingerprint density at radius 3 is 1.67 bits per heavy atom. The largest absolute Gasteiger partial charge is 0.478 e. The molecule has 0 aliphatic heterocycles. The summed E-state index contributed by atoms with van der Waals surface area (Å²) in [4.78, 5) is 44.2. The van der Waals surface area contributed by atoms with Crippen LogP contribution >= 0.6 is 0 Å². The van der Waals surface area contributed by atoms with Crippen LogP contribution < -0.4 is 5.43 Å². The molecule has 2 aromatic carbocycles. The van der Waals surface area contributed by atoms with Gasteiger partial charge in [0.05, 0.1) is 33.6 Å². The molecule has 0 aliphatic carbocycles. The van der Waals surface area contributed by atoms with Crippen molar-refractivity contribution >= 4 is 35.3 Å². The lowest BCUT2D eigenvalue weighted by molar-refractivity contribution is 0.0651. The van der Waals surface area contributed by atoms with E-state index in [1.807, 2.05) is 0 Å². The highest BCUT2D eigenvalue weighted by Crippen LogP contribution is 2.20. The van der Waals surface area contributed by atoms with Crippen LogP contribution in [0.15, 0.2) is 46.7 Å². The minimum Gasteiger partial charge on any atom is -0.478 e. The zero-order valence-corrected chi connectivity index (χ0v) is 13.3. The van der Waals surface area contributed by atoms with Crippen molar-refractivity contribution in [1.82, 2.24) is 0 Å². The van der Waals surface area contributed by atoms with E-state index in [0.29, 0.717) is 0 Å². The Labute approximate surface area is 150 Å². The summed E-state index contributed by atoms with van der Waals surface area (Å²) in [6.45, 7) is 0. The number of carboxylic acids is 4. The first-order valence-electron chi connectivity index (χ1n) is 7.08. The van der Waals surface area contributed by atoms with Crippen LogP contribution in [-0.2, 0) is 0 Å². The predicted octanol–water partition coefficient (Wildman–Crippen LogP) is 2.59. The molecule has 0 unspecified atom stereocenters. The number of hydrogen-bond acceptors (Lipinski definition) is 6. The Kier molecular flexibility index (Phi) is 5.46. The molecule has 0 saturated heterocycles. The summed E-state index contributed by atoms with van der Waals surface area (Å²) < 4.78 is 0. The van der Waals surface area contributed by atoms with Crippen molar-refractivity contribution in [2.24, 2.45) is 10.3 Å². The third-order valence-electron chi connectivity index (χ3n) is 3.29. The number of rotatable bonds is 7. The van der Waals surface area contributed by atoms with Gasteiger partial charge in [0.25, 0.3) is 0 Å². The molecule has 0 radical (unpaired) electrons. The summed E-state index contributed by atoms with van der Waals surface area (Å²) in [7, 11) is 0. The molecule has 2 aromatic rings. The van der Waals surface area contributed by atoms with Crippen LogP contribution in [0.2, 0.25) is 0 Å². The highest BCUT2D eigenvalue weighted by Gasteiger charge is 2.17. The normalized spacial score (nSPS) is 10.5. The summed E-state index contributed by atoms with van der Waals surface area (Å²) in [5, 5.41) is 43.2. The number of aromatic carboxylic acids is 4. The fraction of sp³-hybridized carbons (Fsp3) is 0. The molecule has 5 N–H and O–H groups in total. The smallest absolute Gasteiger partial charge is 0.336 e. The van der Waals surface area contributed by atoms with Crippen molar-refractivity contribution in [3.05, 3.63) is 58.7 Å². The van der Waals surface area contributed by atoms with Gasteiger partial charge in [-0.2, -0.15) is 0 Å². The highest BCUT2D eigenvalue weighted by molar-refractivity contribution is 6.03. The first-order valence-corrected chi connectivity index (χ1v) is 7.08. The van der Waals surface area contributed by atoms with Gasteiger partial charge in [-0.25, -0.2) is 19.2 Å². The minimum atomic E-state index is -1.45. The Bertz CT molecular complexity index is 984. The molecule has 11 heteroatoms. The fourth-order valence-electron chi connectivity index (χ4n) is 2.08. The number of anilines is 1.